The third-order valence-electron chi connectivity index (χ3n) is 3.28. The summed E-state index contributed by atoms with van der Waals surface area (Å²) in [5.74, 6) is 1.09. The fraction of sp³-hybridized carbons (Fsp3) is 0.667. The molecular formula is C12H18ClNO2S2. The number of alkyl halides is 1. The smallest absolute Gasteiger partial charge is 0.207 e. The van der Waals surface area contributed by atoms with Crippen LogP contribution in [0.25, 0.3) is 0 Å². The maximum absolute atomic E-state index is 12.6. The van der Waals surface area contributed by atoms with Crippen molar-refractivity contribution in [3.8, 4) is 0 Å². The number of nitrogens with zero attached hydrogens (tertiary/aromatic N) is 1. The summed E-state index contributed by atoms with van der Waals surface area (Å²) in [5, 5.41) is 1.79. The van der Waals surface area contributed by atoms with Gasteiger partial charge in [0.15, 0.2) is 0 Å². The fourth-order valence-corrected chi connectivity index (χ4v) is 5.95. The minimum Gasteiger partial charge on any atom is -0.207 e. The van der Waals surface area contributed by atoms with Crippen LogP contribution in [0.1, 0.15) is 25.1 Å². The van der Waals surface area contributed by atoms with Crippen LogP contribution in [0, 0.1) is 11.8 Å². The highest BCUT2D eigenvalue weighted by atomic mass is 35.5. The third kappa shape index (κ3) is 2.74. The molecule has 1 fully saturated rings. The molecule has 2 unspecified atom stereocenters. The molecular weight excluding hydrogens is 290 g/mol. The van der Waals surface area contributed by atoms with Gasteiger partial charge < -0.3 is 0 Å². The predicted molar refractivity (Wildman–Crippen MR) is 75.6 cm³/mol. The zero-order valence-corrected chi connectivity index (χ0v) is 13.0. The van der Waals surface area contributed by atoms with Gasteiger partial charge in [0.1, 0.15) is 0 Å². The molecule has 1 aliphatic rings. The number of piperidine rings is 1. The molecule has 0 radical (unpaired) electrons. The average Bonchev–Trinajstić information content (AvgIpc) is 2.76. The van der Waals surface area contributed by atoms with Crippen LogP contribution < -0.4 is 0 Å². The number of thiophene rings is 1. The van der Waals surface area contributed by atoms with E-state index >= 15 is 0 Å². The first-order valence-electron chi connectivity index (χ1n) is 6.07. The van der Waals surface area contributed by atoms with E-state index in [-0.39, 0.29) is 5.88 Å². The molecule has 0 saturated carbocycles. The summed E-state index contributed by atoms with van der Waals surface area (Å²) in [4.78, 5) is 1.13. The van der Waals surface area contributed by atoms with Crippen molar-refractivity contribution in [3.05, 3.63) is 16.3 Å². The lowest BCUT2D eigenvalue weighted by Crippen LogP contribution is -2.42. The van der Waals surface area contributed by atoms with E-state index in [1.807, 2.05) is 0 Å². The van der Waals surface area contributed by atoms with Crippen LogP contribution in [0.15, 0.2) is 16.3 Å². The normalized spacial score (nSPS) is 26.4. The number of rotatable bonds is 3. The SMILES string of the molecule is CC1CC(C)CN(S(=O)(=O)c2ccsc2CCl)C1. The van der Waals surface area contributed by atoms with Gasteiger partial charge >= 0.3 is 0 Å². The van der Waals surface area contributed by atoms with E-state index in [2.05, 4.69) is 13.8 Å². The molecule has 2 rings (SSSR count). The molecule has 2 atom stereocenters. The van der Waals surface area contributed by atoms with Gasteiger partial charge in [-0.05, 0) is 29.7 Å². The summed E-state index contributed by atoms with van der Waals surface area (Å²) in [6.45, 7) is 5.44. The van der Waals surface area contributed by atoms with Gasteiger partial charge in [0.05, 0.1) is 10.8 Å². The fourth-order valence-electron chi connectivity index (χ4n) is 2.60. The van der Waals surface area contributed by atoms with Gasteiger partial charge in [-0.15, -0.1) is 22.9 Å². The third-order valence-corrected chi connectivity index (χ3v) is 6.67. The summed E-state index contributed by atoms with van der Waals surface area (Å²) >= 11 is 7.21. The zero-order chi connectivity index (χ0) is 13.3. The Hall–Kier alpha value is -0.100. The van der Waals surface area contributed by atoms with E-state index in [4.69, 9.17) is 11.6 Å². The van der Waals surface area contributed by atoms with Gasteiger partial charge in [-0.25, -0.2) is 8.42 Å². The minimum atomic E-state index is -3.37. The van der Waals surface area contributed by atoms with E-state index in [9.17, 15) is 8.42 Å². The highest BCUT2D eigenvalue weighted by Gasteiger charge is 2.33. The Morgan fingerprint density at radius 2 is 2.00 bits per heavy atom. The topological polar surface area (TPSA) is 37.4 Å². The van der Waals surface area contributed by atoms with Crippen LogP contribution >= 0.6 is 22.9 Å². The second kappa shape index (κ2) is 5.49. The molecule has 18 heavy (non-hydrogen) atoms. The molecule has 0 aliphatic carbocycles. The van der Waals surface area contributed by atoms with E-state index in [1.54, 1.807) is 15.8 Å². The Bertz CT molecular complexity index is 502. The minimum absolute atomic E-state index is 0.255. The summed E-state index contributed by atoms with van der Waals surface area (Å²) in [5.41, 5.74) is 0. The lowest BCUT2D eigenvalue weighted by molar-refractivity contribution is 0.222. The molecule has 0 aromatic carbocycles. The number of hydrogen-bond acceptors (Lipinski definition) is 3. The van der Waals surface area contributed by atoms with Crippen molar-refractivity contribution in [1.82, 2.24) is 4.31 Å². The Kier molecular flexibility index (Phi) is 4.36. The number of sulfonamides is 1. The molecule has 0 N–H and O–H groups in total. The Labute approximate surface area is 118 Å². The standard InChI is InChI=1S/C12H18ClNO2S2/c1-9-5-10(2)8-14(7-9)18(15,16)12-3-4-17-11(12)6-13/h3-4,9-10H,5-8H2,1-2H3. The van der Waals surface area contributed by atoms with Gasteiger partial charge in [0, 0.05) is 18.0 Å². The lowest BCUT2D eigenvalue weighted by atomic mass is 9.94. The molecule has 0 amide bonds. The summed E-state index contributed by atoms with van der Waals surface area (Å²) in [6, 6.07) is 1.67. The second-order valence-electron chi connectivity index (χ2n) is 5.11. The van der Waals surface area contributed by atoms with Gasteiger partial charge in [0.2, 0.25) is 10.0 Å². The van der Waals surface area contributed by atoms with Crippen molar-refractivity contribution in [2.24, 2.45) is 11.8 Å². The van der Waals surface area contributed by atoms with Crippen molar-refractivity contribution in [2.45, 2.75) is 31.0 Å². The Morgan fingerprint density at radius 3 is 2.56 bits per heavy atom. The van der Waals surface area contributed by atoms with Crippen LogP contribution in [0.2, 0.25) is 0 Å². The Balaban J connectivity index is 2.31. The predicted octanol–water partition coefficient (Wildman–Crippen LogP) is 3.15. The first-order chi connectivity index (χ1) is 8.45. The second-order valence-corrected chi connectivity index (χ2v) is 8.28. The van der Waals surface area contributed by atoms with Gasteiger partial charge in [-0.1, -0.05) is 13.8 Å². The molecule has 2 heterocycles. The molecule has 1 aliphatic heterocycles. The zero-order valence-electron chi connectivity index (χ0n) is 10.6. The highest BCUT2D eigenvalue weighted by molar-refractivity contribution is 7.89. The van der Waals surface area contributed by atoms with Crippen molar-refractivity contribution in [1.29, 1.82) is 0 Å². The molecule has 3 nitrogen and oxygen atoms in total. The van der Waals surface area contributed by atoms with Gasteiger partial charge in [0.25, 0.3) is 0 Å². The molecule has 1 aromatic heterocycles. The van der Waals surface area contributed by atoms with Gasteiger partial charge in [-0.2, -0.15) is 4.31 Å². The van der Waals surface area contributed by atoms with Crippen LogP contribution in [0.4, 0.5) is 0 Å². The molecule has 0 bridgehead atoms. The maximum atomic E-state index is 12.6. The molecule has 1 saturated heterocycles. The van der Waals surface area contributed by atoms with E-state index < -0.39 is 10.0 Å². The first kappa shape index (κ1) is 14.3. The maximum Gasteiger partial charge on any atom is 0.244 e. The summed E-state index contributed by atoms with van der Waals surface area (Å²) < 4.78 is 26.8. The van der Waals surface area contributed by atoms with Crippen LogP contribution in [-0.4, -0.2) is 25.8 Å². The largest absolute Gasteiger partial charge is 0.244 e. The Morgan fingerprint density at radius 1 is 1.39 bits per heavy atom. The van der Waals surface area contributed by atoms with Crippen LogP contribution in [-0.2, 0) is 15.9 Å². The van der Waals surface area contributed by atoms with E-state index in [1.165, 1.54) is 11.3 Å². The van der Waals surface area contributed by atoms with Crippen molar-refractivity contribution in [3.63, 3.8) is 0 Å². The summed E-state index contributed by atoms with van der Waals surface area (Å²) in [7, 11) is -3.37. The number of hydrogen-bond donors (Lipinski definition) is 0. The summed E-state index contributed by atoms with van der Waals surface area (Å²) in [6.07, 6.45) is 1.10. The van der Waals surface area contributed by atoms with E-state index in [0.717, 1.165) is 11.3 Å². The van der Waals surface area contributed by atoms with Crippen molar-refractivity contribution in [2.75, 3.05) is 13.1 Å². The first-order valence-corrected chi connectivity index (χ1v) is 8.93. The lowest BCUT2D eigenvalue weighted by Gasteiger charge is -2.34. The van der Waals surface area contributed by atoms with Gasteiger partial charge in [-0.3, -0.25) is 0 Å². The highest BCUT2D eigenvalue weighted by Crippen LogP contribution is 2.30. The number of halogens is 1. The van der Waals surface area contributed by atoms with Crippen LogP contribution in [0.5, 0.6) is 0 Å². The van der Waals surface area contributed by atoms with Crippen LogP contribution in [0.3, 0.4) is 0 Å². The molecule has 0 spiro atoms. The molecule has 102 valence electrons. The van der Waals surface area contributed by atoms with E-state index in [0.29, 0.717) is 29.8 Å². The molecule has 1 aromatic rings. The quantitative estimate of drug-likeness (QED) is 0.804. The van der Waals surface area contributed by atoms with Crippen molar-refractivity contribution < 1.29 is 8.42 Å². The monoisotopic (exact) mass is 307 g/mol. The molecule has 6 heteroatoms. The average molecular weight is 308 g/mol. The van der Waals surface area contributed by atoms with Crippen molar-refractivity contribution >= 4 is 33.0 Å².